The molecule has 0 aliphatic carbocycles. The first-order valence-electron chi connectivity index (χ1n) is 21.4. The highest BCUT2D eigenvalue weighted by atomic mass is 16.6. The Morgan fingerprint density at radius 1 is 0.726 bits per heavy atom. The first-order valence-corrected chi connectivity index (χ1v) is 21.4. The number of hydrogen-bond donors (Lipinski definition) is 7. The number of nitrogens with zero attached hydrogens (tertiary/aromatic N) is 2. The van der Waals surface area contributed by atoms with Crippen molar-refractivity contribution in [1.29, 1.82) is 0 Å². The van der Waals surface area contributed by atoms with Crippen LogP contribution in [-0.4, -0.2) is 98.0 Å². The van der Waals surface area contributed by atoms with Crippen molar-refractivity contribution >= 4 is 29.8 Å². The van der Waals surface area contributed by atoms with E-state index in [0.717, 1.165) is 11.1 Å². The number of nitrogens with one attached hydrogen (secondary N) is 5. The average Bonchev–Trinajstić information content (AvgIpc) is 3.63. The fourth-order valence-electron chi connectivity index (χ4n) is 6.70. The normalized spacial score (nSPS) is 14.7. The van der Waals surface area contributed by atoms with E-state index in [1.807, 2.05) is 88.4 Å². The molecule has 0 fully saturated rings. The van der Waals surface area contributed by atoms with Crippen LogP contribution >= 0.6 is 0 Å². The molecule has 16 heteroatoms. The van der Waals surface area contributed by atoms with E-state index in [9.17, 15) is 34.2 Å². The van der Waals surface area contributed by atoms with Gasteiger partial charge < -0.3 is 50.8 Å². The maximum Gasteiger partial charge on any atom is 0.408 e. The van der Waals surface area contributed by atoms with Crippen molar-refractivity contribution in [3.8, 4) is 0 Å². The molecule has 0 saturated carbocycles. The zero-order valence-electron chi connectivity index (χ0n) is 37.7. The van der Waals surface area contributed by atoms with Crippen LogP contribution in [0.3, 0.4) is 0 Å². The van der Waals surface area contributed by atoms with Crippen molar-refractivity contribution in [3.05, 3.63) is 90.0 Å². The van der Waals surface area contributed by atoms with Gasteiger partial charge in [-0.3, -0.25) is 14.4 Å². The number of aliphatic carboxylic acids is 1. The molecule has 0 radical (unpaired) electrons. The Morgan fingerprint density at radius 3 is 1.85 bits per heavy atom. The minimum atomic E-state index is -1.22. The van der Waals surface area contributed by atoms with Gasteiger partial charge in [0, 0.05) is 31.3 Å². The first kappa shape index (κ1) is 51.0. The lowest BCUT2D eigenvalue weighted by atomic mass is 9.97. The number of aliphatic hydroxyl groups is 1. The highest BCUT2D eigenvalue weighted by Crippen LogP contribution is 2.15. The number of benzene rings is 2. The van der Waals surface area contributed by atoms with Crippen molar-refractivity contribution in [2.24, 2.45) is 17.8 Å². The van der Waals surface area contributed by atoms with Crippen LogP contribution in [0.25, 0.3) is 0 Å². The number of carboxylic acids is 1. The van der Waals surface area contributed by atoms with Gasteiger partial charge in [0.2, 0.25) is 17.7 Å². The largest absolute Gasteiger partial charge is 0.480 e. The van der Waals surface area contributed by atoms with E-state index in [1.54, 1.807) is 51.7 Å². The van der Waals surface area contributed by atoms with Gasteiger partial charge >= 0.3 is 12.1 Å². The molecule has 6 atom stereocenters. The number of carbonyl (C=O) groups is 5. The number of amides is 4. The summed E-state index contributed by atoms with van der Waals surface area (Å²) in [5.74, 6) is -3.19. The Bertz CT molecular complexity index is 1850. The van der Waals surface area contributed by atoms with Gasteiger partial charge in [-0.15, -0.1) is 0 Å². The zero-order chi connectivity index (χ0) is 46.0. The van der Waals surface area contributed by atoms with Gasteiger partial charge in [0.15, 0.2) is 0 Å². The summed E-state index contributed by atoms with van der Waals surface area (Å²) < 4.78 is 13.2. The summed E-state index contributed by atoms with van der Waals surface area (Å²) in [6, 6.07) is 13.7. The van der Waals surface area contributed by atoms with Crippen molar-refractivity contribution < 1.29 is 43.7 Å². The fourth-order valence-corrected chi connectivity index (χ4v) is 6.70. The van der Waals surface area contributed by atoms with E-state index < -0.39 is 71.7 Å². The summed E-state index contributed by atoms with van der Waals surface area (Å²) in [4.78, 5) is 71.3. The molecule has 0 spiro atoms. The van der Waals surface area contributed by atoms with Crippen molar-refractivity contribution in [2.45, 2.75) is 143 Å². The molecule has 342 valence electrons. The summed E-state index contributed by atoms with van der Waals surface area (Å²) in [6.07, 6.45) is 1.92. The molecule has 0 saturated heterocycles. The number of rotatable bonds is 25. The number of ether oxygens (including phenoxy) is 2. The van der Waals surface area contributed by atoms with E-state index in [4.69, 9.17) is 9.47 Å². The lowest BCUT2D eigenvalue weighted by molar-refractivity contribution is -0.143. The number of carboxylic acid groups (broad SMARTS) is 1. The Kier molecular flexibility index (Phi) is 20.5. The van der Waals surface area contributed by atoms with Crippen LogP contribution in [0.15, 0.2) is 73.2 Å². The van der Waals surface area contributed by atoms with E-state index in [2.05, 4.69) is 31.6 Å². The van der Waals surface area contributed by atoms with Crippen LogP contribution in [0, 0.1) is 17.8 Å². The van der Waals surface area contributed by atoms with E-state index in [1.165, 1.54) is 0 Å². The van der Waals surface area contributed by atoms with Gasteiger partial charge in [0.05, 0.1) is 31.1 Å². The summed E-state index contributed by atoms with van der Waals surface area (Å²) in [7, 11) is 0. The second kappa shape index (κ2) is 25.0. The predicted molar refractivity (Wildman–Crippen MR) is 235 cm³/mol. The molecule has 62 heavy (non-hydrogen) atoms. The van der Waals surface area contributed by atoms with E-state index in [0.29, 0.717) is 25.1 Å². The SMILES string of the molecule is CC(C)CC(NC(=O)[C@H](Cc1cncn1COCc1ccccc1)NC(=O)[C@H](Cc1ccccc1)NC(=O)OC(C)(C)C)C(O)CN[C@@H](CC(C)C)C(=O)N[C@@H](C(=O)O)C(C)C. The topological polar surface area (TPSA) is 222 Å². The molecule has 4 amide bonds. The standard InChI is InChI=1S/C46H69N7O9/c1-29(2)20-35(39(54)25-48-36(21-30(3)4)41(55)52-40(31(5)6)44(58)59)49-43(57)38(23-34-24-47-27-53(34)28-61-26-33-18-14-11-15-19-33)50-42(56)37(22-32-16-12-10-13-17-32)51-45(60)62-46(7,8)9/h10-19,24,27,29-31,35-40,48,54H,20-23,25-26,28H2,1-9H3,(H,49,57)(H,50,56)(H,51,60)(H,52,55)(H,58,59)/t35?,36-,37-,38-,39?,40+/m0/s1. The number of alkyl carbamates (subject to hydrolysis) is 1. The van der Waals surface area contributed by atoms with Gasteiger partial charge in [0.1, 0.15) is 30.5 Å². The molecule has 7 N–H and O–H groups in total. The molecule has 0 bridgehead atoms. The van der Waals surface area contributed by atoms with Gasteiger partial charge in [-0.2, -0.15) is 0 Å². The lowest BCUT2D eigenvalue weighted by Gasteiger charge is -2.31. The minimum absolute atomic E-state index is 0.0107. The van der Waals surface area contributed by atoms with Gasteiger partial charge in [-0.05, 0) is 62.5 Å². The van der Waals surface area contributed by atoms with Crippen LogP contribution in [0.4, 0.5) is 4.79 Å². The van der Waals surface area contributed by atoms with Crippen LogP contribution in [-0.2, 0) is 54.8 Å². The first-order chi connectivity index (χ1) is 29.2. The Labute approximate surface area is 366 Å². The van der Waals surface area contributed by atoms with Crippen molar-refractivity contribution in [1.82, 2.24) is 36.1 Å². The van der Waals surface area contributed by atoms with Gasteiger partial charge in [-0.1, -0.05) is 102 Å². The van der Waals surface area contributed by atoms with Crippen molar-refractivity contribution in [2.75, 3.05) is 6.54 Å². The van der Waals surface area contributed by atoms with Crippen molar-refractivity contribution in [3.63, 3.8) is 0 Å². The maximum absolute atomic E-state index is 14.5. The number of aromatic nitrogens is 2. The molecule has 0 aliphatic heterocycles. The molecule has 2 aromatic carbocycles. The fraction of sp³-hybridized carbons (Fsp3) is 0.565. The molecule has 16 nitrogen and oxygen atoms in total. The van der Waals surface area contributed by atoms with Crippen LogP contribution < -0.4 is 26.6 Å². The number of carbonyl (C=O) groups excluding carboxylic acids is 4. The monoisotopic (exact) mass is 864 g/mol. The summed E-state index contributed by atoms with van der Waals surface area (Å²) in [6.45, 7) is 16.6. The lowest BCUT2D eigenvalue weighted by Crippen LogP contribution is -2.59. The van der Waals surface area contributed by atoms with Gasteiger partial charge in [0.25, 0.3) is 0 Å². The van der Waals surface area contributed by atoms with Crippen LogP contribution in [0.1, 0.15) is 92.0 Å². The highest BCUT2D eigenvalue weighted by molar-refractivity contribution is 5.92. The Hall–Kier alpha value is -5.32. The number of aliphatic hydroxyl groups excluding tert-OH is 1. The Morgan fingerprint density at radius 2 is 1.29 bits per heavy atom. The number of imidazole rings is 1. The summed E-state index contributed by atoms with van der Waals surface area (Å²) in [5.41, 5.74) is 1.47. The average molecular weight is 864 g/mol. The smallest absolute Gasteiger partial charge is 0.408 e. The molecular formula is C46H69N7O9. The molecular weight excluding hydrogens is 795 g/mol. The molecule has 1 aromatic heterocycles. The van der Waals surface area contributed by atoms with E-state index >= 15 is 0 Å². The minimum Gasteiger partial charge on any atom is -0.480 e. The zero-order valence-corrected chi connectivity index (χ0v) is 37.7. The predicted octanol–water partition coefficient (Wildman–Crippen LogP) is 4.34. The van der Waals surface area contributed by atoms with Gasteiger partial charge in [-0.25, -0.2) is 14.6 Å². The molecule has 3 rings (SSSR count). The number of hydrogen-bond acceptors (Lipinski definition) is 10. The van der Waals surface area contributed by atoms with E-state index in [-0.39, 0.29) is 43.9 Å². The molecule has 2 unspecified atom stereocenters. The summed E-state index contributed by atoms with van der Waals surface area (Å²) in [5, 5.41) is 35.6. The third-order valence-electron chi connectivity index (χ3n) is 9.82. The maximum atomic E-state index is 14.5. The van der Waals surface area contributed by atoms with Crippen LogP contribution in [0.5, 0.6) is 0 Å². The Balaban J connectivity index is 1.91. The molecule has 1 heterocycles. The molecule has 0 aliphatic rings. The second-order valence-corrected chi connectivity index (χ2v) is 17.9. The third-order valence-corrected chi connectivity index (χ3v) is 9.82. The highest BCUT2D eigenvalue weighted by Gasteiger charge is 2.33. The second-order valence-electron chi connectivity index (χ2n) is 17.9. The summed E-state index contributed by atoms with van der Waals surface area (Å²) >= 11 is 0. The third kappa shape index (κ3) is 18.3. The quantitative estimate of drug-likeness (QED) is 0.0635. The van der Waals surface area contributed by atoms with Crippen LogP contribution in [0.2, 0.25) is 0 Å². The molecule has 3 aromatic rings.